The minimum atomic E-state index is -0.350. The highest BCUT2D eigenvalue weighted by molar-refractivity contribution is 5.76. The molecule has 0 saturated carbocycles. The van der Waals surface area contributed by atoms with Crippen LogP contribution in [0.25, 0.3) is 5.52 Å². The summed E-state index contributed by atoms with van der Waals surface area (Å²) < 4.78 is 7.69. The predicted octanol–water partition coefficient (Wildman–Crippen LogP) is 0.200. The number of likely N-dealkylation sites (tertiary alicyclic amines) is 1. The molecule has 130 valence electrons. The fourth-order valence-electron chi connectivity index (χ4n) is 3.08. The average molecular weight is 343 g/mol. The molecule has 1 fully saturated rings. The molecular formula is C15H17N7O3. The standard InChI is InChI=1S/C15H17N7O3/c1-2-12-18-14(19-25-12)10-4-3-7-20(10)13(23)8-21-15(24)11-5-6-16-22(11)9-17-21/h5-6,9-10H,2-4,7-8H2,1H3. The second-order valence-electron chi connectivity index (χ2n) is 5.90. The van der Waals surface area contributed by atoms with Crippen LogP contribution in [0, 0.1) is 0 Å². The van der Waals surface area contributed by atoms with Gasteiger partial charge in [-0.05, 0) is 18.9 Å². The third kappa shape index (κ3) is 2.69. The number of aryl methyl sites for hydroxylation is 1. The number of hydrogen-bond donors (Lipinski definition) is 0. The lowest BCUT2D eigenvalue weighted by atomic mass is 10.2. The van der Waals surface area contributed by atoms with E-state index in [2.05, 4.69) is 20.3 Å². The zero-order valence-electron chi connectivity index (χ0n) is 13.7. The van der Waals surface area contributed by atoms with E-state index in [1.165, 1.54) is 17.0 Å². The SMILES string of the molecule is CCc1nc(C2CCCN2C(=O)Cn2ncn3nccc3c2=O)no1. The van der Waals surface area contributed by atoms with E-state index in [0.29, 0.717) is 30.2 Å². The van der Waals surface area contributed by atoms with Crippen molar-refractivity contribution in [1.82, 2.24) is 34.4 Å². The Morgan fingerprint density at radius 2 is 2.28 bits per heavy atom. The van der Waals surface area contributed by atoms with Crippen molar-refractivity contribution in [2.75, 3.05) is 6.54 Å². The quantitative estimate of drug-likeness (QED) is 0.665. The van der Waals surface area contributed by atoms with Gasteiger partial charge in [0, 0.05) is 13.0 Å². The van der Waals surface area contributed by atoms with Gasteiger partial charge >= 0.3 is 0 Å². The Hall–Kier alpha value is -3.04. The molecule has 0 bridgehead atoms. The summed E-state index contributed by atoms with van der Waals surface area (Å²) in [5.41, 5.74) is 0.0310. The van der Waals surface area contributed by atoms with Crippen LogP contribution in [0.4, 0.5) is 0 Å². The van der Waals surface area contributed by atoms with E-state index in [1.54, 1.807) is 11.0 Å². The molecular weight excluding hydrogens is 326 g/mol. The summed E-state index contributed by atoms with van der Waals surface area (Å²) in [6.45, 7) is 2.40. The van der Waals surface area contributed by atoms with Crippen molar-refractivity contribution >= 4 is 11.4 Å². The maximum atomic E-state index is 12.7. The molecule has 0 aliphatic carbocycles. The Morgan fingerprint density at radius 3 is 3.08 bits per heavy atom. The Balaban J connectivity index is 1.56. The van der Waals surface area contributed by atoms with Crippen molar-refractivity contribution in [2.45, 2.75) is 38.8 Å². The Morgan fingerprint density at radius 1 is 1.40 bits per heavy atom. The third-order valence-electron chi connectivity index (χ3n) is 4.37. The molecule has 0 spiro atoms. The van der Waals surface area contributed by atoms with Gasteiger partial charge in [0.15, 0.2) is 5.82 Å². The van der Waals surface area contributed by atoms with Crippen molar-refractivity contribution in [3.05, 3.63) is 40.7 Å². The van der Waals surface area contributed by atoms with E-state index in [0.717, 1.165) is 17.5 Å². The molecule has 3 aromatic heterocycles. The van der Waals surface area contributed by atoms with Crippen LogP contribution in [0.5, 0.6) is 0 Å². The molecule has 1 atom stereocenters. The molecule has 1 unspecified atom stereocenters. The number of nitrogens with zero attached hydrogens (tertiary/aromatic N) is 7. The molecule has 4 heterocycles. The zero-order chi connectivity index (χ0) is 17.4. The van der Waals surface area contributed by atoms with Crippen LogP contribution in [0.15, 0.2) is 27.9 Å². The molecule has 1 saturated heterocycles. The highest BCUT2D eigenvalue weighted by Crippen LogP contribution is 2.30. The molecule has 10 heteroatoms. The second kappa shape index (κ2) is 6.11. The van der Waals surface area contributed by atoms with Gasteiger partial charge in [0.1, 0.15) is 18.4 Å². The minimum Gasteiger partial charge on any atom is -0.339 e. The molecule has 0 radical (unpaired) electrons. The Labute approximate surface area is 142 Å². The van der Waals surface area contributed by atoms with Gasteiger partial charge in [-0.1, -0.05) is 12.1 Å². The smallest absolute Gasteiger partial charge is 0.293 e. The fourth-order valence-corrected chi connectivity index (χ4v) is 3.08. The van der Waals surface area contributed by atoms with Crippen LogP contribution in [0.1, 0.15) is 37.5 Å². The van der Waals surface area contributed by atoms with Gasteiger partial charge in [-0.3, -0.25) is 9.59 Å². The fraction of sp³-hybridized carbons (Fsp3) is 0.467. The number of hydrogen-bond acceptors (Lipinski definition) is 7. The lowest BCUT2D eigenvalue weighted by Crippen LogP contribution is -2.37. The summed E-state index contributed by atoms with van der Waals surface area (Å²) >= 11 is 0. The lowest BCUT2D eigenvalue weighted by Gasteiger charge is -2.22. The molecule has 1 aliphatic heterocycles. The maximum absolute atomic E-state index is 12.7. The van der Waals surface area contributed by atoms with Gasteiger partial charge in [0.25, 0.3) is 5.56 Å². The largest absolute Gasteiger partial charge is 0.339 e. The van der Waals surface area contributed by atoms with Gasteiger partial charge < -0.3 is 9.42 Å². The van der Waals surface area contributed by atoms with Crippen LogP contribution in [0.3, 0.4) is 0 Å². The van der Waals surface area contributed by atoms with E-state index in [-0.39, 0.29) is 24.1 Å². The summed E-state index contributed by atoms with van der Waals surface area (Å²) in [5, 5.41) is 12.0. The number of carbonyl (C=O) groups excluding carboxylic acids is 1. The van der Waals surface area contributed by atoms with Gasteiger partial charge in [-0.25, -0.2) is 9.20 Å². The van der Waals surface area contributed by atoms with Crippen molar-refractivity contribution in [3.63, 3.8) is 0 Å². The molecule has 3 aromatic rings. The number of fused-ring (bicyclic) bond motifs is 1. The van der Waals surface area contributed by atoms with E-state index in [9.17, 15) is 9.59 Å². The number of aromatic nitrogens is 6. The van der Waals surface area contributed by atoms with E-state index < -0.39 is 0 Å². The molecule has 25 heavy (non-hydrogen) atoms. The Kier molecular flexibility index (Phi) is 3.79. The monoisotopic (exact) mass is 343 g/mol. The van der Waals surface area contributed by atoms with Crippen LogP contribution >= 0.6 is 0 Å². The molecule has 0 N–H and O–H groups in total. The van der Waals surface area contributed by atoms with Gasteiger partial charge in [0.2, 0.25) is 11.8 Å². The second-order valence-corrected chi connectivity index (χ2v) is 5.90. The van der Waals surface area contributed by atoms with Crippen molar-refractivity contribution in [3.8, 4) is 0 Å². The van der Waals surface area contributed by atoms with Gasteiger partial charge in [-0.15, -0.1) is 0 Å². The minimum absolute atomic E-state index is 0.129. The van der Waals surface area contributed by atoms with E-state index >= 15 is 0 Å². The summed E-state index contributed by atoms with van der Waals surface area (Å²) in [6.07, 6.45) is 5.22. The molecule has 4 rings (SSSR count). The average Bonchev–Trinajstić information content (AvgIpc) is 3.36. The Bertz CT molecular complexity index is 973. The van der Waals surface area contributed by atoms with Crippen LogP contribution in [-0.2, 0) is 17.8 Å². The highest BCUT2D eigenvalue weighted by atomic mass is 16.5. The number of rotatable bonds is 4. The molecule has 10 nitrogen and oxygen atoms in total. The molecule has 1 amide bonds. The first-order valence-electron chi connectivity index (χ1n) is 8.18. The summed E-state index contributed by atoms with van der Waals surface area (Å²) in [5.74, 6) is 0.886. The predicted molar refractivity (Wildman–Crippen MR) is 84.6 cm³/mol. The normalized spacial score (nSPS) is 17.5. The summed E-state index contributed by atoms with van der Waals surface area (Å²) in [4.78, 5) is 31.1. The van der Waals surface area contributed by atoms with E-state index in [1.807, 2.05) is 6.92 Å². The van der Waals surface area contributed by atoms with E-state index in [4.69, 9.17) is 4.52 Å². The summed E-state index contributed by atoms with van der Waals surface area (Å²) in [7, 11) is 0. The van der Waals surface area contributed by atoms with Crippen molar-refractivity contribution in [2.24, 2.45) is 0 Å². The number of amides is 1. The first kappa shape index (κ1) is 15.5. The number of carbonyl (C=O) groups is 1. The van der Waals surface area contributed by atoms with Crippen molar-refractivity contribution in [1.29, 1.82) is 0 Å². The first-order chi connectivity index (χ1) is 12.2. The molecule has 1 aliphatic rings. The third-order valence-corrected chi connectivity index (χ3v) is 4.37. The lowest BCUT2D eigenvalue weighted by molar-refractivity contribution is -0.133. The summed E-state index contributed by atoms with van der Waals surface area (Å²) in [6, 6.07) is 1.38. The molecule has 0 aromatic carbocycles. The van der Waals surface area contributed by atoms with Gasteiger partial charge in [-0.2, -0.15) is 15.2 Å². The van der Waals surface area contributed by atoms with Crippen molar-refractivity contribution < 1.29 is 9.32 Å². The van der Waals surface area contributed by atoms with Crippen LogP contribution in [0.2, 0.25) is 0 Å². The topological polar surface area (TPSA) is 111 Å². The van der Waals surface area contributed by atoms with Crippen LogP contribution in [-0.4, -0.2) is 46.9 Å². The highest BCUT2D eigenvalue weighted by Gasteiger charge is 2.33. The van der Waals surface area contributed by atoms with Crippen LogP contribution < -0.4 is 5.56 Å². The van der Waals surface area contributed by atoms with Gasteiger partial charge in [0.05, 0.1) is 12.2 Å². The zero-order valence-corrected chi connectivity index (χ0v) is 13.7. The first-order valence-corrected chi connectivity index (χ1v) is 8.18. The maximum Gasteiger partial charge on any atom is 0.293 e.